The van der Waals surface area contributed by atoms with E-state index in [4.69, 9.17) is 4.74 Å². The zero-order valence-corrected chi connectivity index (χ0v) is 11.9. The third kappa shape index (κ3) is 5.49. The van der Waals surface area contributed by atoms with Crippen LogP contribution in [0.3, 0.4) is 0 Å². The molecule has 0 aromatic carbocycles. The fraction of sp³-hybridized carbons (Fsp3) is 0.500. The number of aromatic nitrogens is 1. The molecule has 0 spiro atoms. The number of nitrogens with zero attached hydrogens (tertiary/aromatic N) is 2. The van der Waals surface area contributed by atoms with Crippen molar-refractivity contribution in [2.24, 2.45) is 0 Å². The second kappa shape index (κ2) is 8.33. The molecule has 0 bridgehead atoms. The summed E-state index contributed by atoms with van der Waals surface area (Å²) in [6, 6.07) is 3.58. The topological polar surface area (TPSA) is 83.6 Å². The van der Waals surface area contributed by atoms with Crippen molar-refractivity contribution in [1.82, 2.24) is 20.5 Å². The number of ether oxygens (including phenoxy) is 1. The largest absolute Gasteiger partial charge is 0.379 e. The zero-order chi connectivity index (χ0) is 14.9. The molecule has 114 valence electrons. The van der Waals surface area contributed by atoms with Gasteiger partial charge in [-0.05, 0) is 17.7 Å². The van der Waals surface area contributed by atoms with E-state index in [1.807, 2.05) is 0 Å². The predicted molar refractivity (Wildman–Crippen MR) is 76.4 cm³/mol. The number of morpholine rings is 1. The minimum atomic E-state index is -0.617. The molecule has 0 aliphatic carbocycles. The van der Waals surface area contributed by atoms with E-state index >= 15 is 0 Å². The van der Waals surface area contributed by atoms with Crippen molar-refractivity contribution >= 4 is 11.8 Å². The summed E-state index contributed by atoms with van der Waals surface area (Å²) in [5, 5.41) is 5.19. The van der Waals surface area contributed by atoms with E-state index in [0.717, 1.165) is 38.4 Å². The summed E-state index contributed by atoms with van der Waals surface area (Å²) in [5.41, 5.74) is 0.902. The summed E-state index contributed by atoms with van der Waals surface area (Å²) in [5.74, 6) is -1.22. The monoisotopic (exact) mass is 292 g/mol. The van der Waals surface area contributed by atoms with Crippen LogP contribution in [0.5, 0.6) is 0 Å². The van der Waals surface area contributed by atoms with Gasteiger partial charge in [-0.15, -0.1) is 0 Å². The van der Waals surface area contributed by atoms with Crippen LogP contribution in [0.1, 0.15) is 5.56 Å². The second-order valence-electron chi connectivity index (χ2n) is 4.75. The number of hydrogen-bond donors (Lipinski definition) is 2. The quantitative estimate of drug-likeness (QED) is 0.691. The van der Waals surface area contributed by atoms with Crippen LogP contribution in [0.4, 0.5) is 0 Å². The molecule has 0 atom stereocenters. The highest BCUT2D eigenvalue weighted by Crippen LogP contribution is 1.95. The van der Waals surface area contributed by atoms with E-state index in [1.165, 1.54) is 0 Å². The molecule has 0 radical (unpaired) electrons. The normalized spacial score (nSPS) is 15.4. The Labute approximate surface area is 123 Å². The number of hydrogen-bond acceptors (Lipinski definition) is 5. The first-order chi connectivity index (χ1) is 10.3. The number of amides is 2. The Morgan fingerprint density at radius 1 is 1.14 bits per heavy atom. The molecule has 2 rings (SSSR count). The third-order valence-corrected chi connectivity index (χ3v) is 3.23. The first-order valence-electron chi connectivity index (χ1n) is 7.01. The maximum Gasteiger partial charge on any atom is 0.309 e. The average molecular weight is 292 g/mol. The Morgan fingerprint density at radius 3 is 2.52 bits per heavy atom. The van der Waals surface area contributed by atoms with E-state index in [0.29, 0.717) is 13.1 Å². The Morgan fingerprint density at radius 2 is 1.81 bits per heavy atom. The molecule has 2 heterocycles. The molecule has 1 saturated heterocycles. The van der Waals surface area contributed by atoms with Gasteiger partial charge >= 0.3 is 11.8 Å². The second-order valence-corrected chi connectivity index (χ2v) is 4.75. The molecule has 1 aromatic rings. The van der Waals surface area contributed by atoms with Gasteiger partial charge in [0.25, 0.3) is 0 Å². The number of nitrogens with one attached hydrogen (secondary N) is 2. The number of carbonyl (C=O) groups is 2. The van der Waals surface area contributed by atoms with E-state index in [-0.39, 0.29) is 0 Å². The van der Waals surface area contributed by atoms with Gasteiger partial charge in [-0.3, -0.25) is 19.5 Å². The molecule has 1 aliphatic heterocycles. The molecular weight excluding hydrogens is 272 g/mol. The van der Waals surface area contributed by atoms with E-state index in [2.05, 4.69) is 20.5 Å². The molecule has 1 aromatic heterocycles. The SMILES string of the molecule is O=C(NCCN1CCOCC1)C(=O)NCc1ccncc1. The molecule has 7 heteroatoms. The Hall–Kier alpha value is -1.99. The van der Waals surface area contributed by atoms with Crippen molar-refractivity contribution in [2.45, 2.75) is 6.54 Å². The summed E-state index contributed by atoms with van der Waals surface area (Å²) in [4.78, 5) is 29.3. The molecule has 21 heavy (non-hydrogen) atoms. The van der Waals surface area contributed by atoms with Crippen LogP contribution in [-0.2, 0) is 20.9 Å². The zero-order valence-electron chi connectivity index (χ0n) is 11.9. The van der Waals surface area contributed by atoms with Crippen LogP contribution in [0.25, 0.3) is 0 Å². The highest BCUT2D eigenvalue weighted by Gasteiger charge is 2.14. The number of rotatable bonds is 5. The maximum absolute atomic E-state index is 11.6. The fourth-order valence-electron chi connectivity index (χ4n) is 2.00. The van der Waals surface area contributed by atoms with Gasteiger partial charge < -0.3 is 15.4 Å². The smallest absolute Gasteiger partial charge is 0.309 e. The lowest BCUT2D eigenvalue weighted by Gasteiger charge is -2.26. The van der Waals surface area contributed by atoms with Crippen LogP contribution in [-0.4, -0.2) is 61.1 Å². The van der Waals surface area contributed by atoms with Crippen LogP contribution >= 0.6 is 0 Å². The summed E-state index contributed by atoms with van der Waals surface area (Å²) in [7, 11) is 0. The standard InChI is InChI=1S/C14H20N4O3/c19-13(16-5-6-18-7-9-21-10-8-18)14(20)17-11-12-1-3-15-4-2-12/h1-4H,5-11H2,(H,16,19)(H,17,20). The summed E-state index contributed by atoms with van der Waals surface area (Å²) < 4.78 is 5.24. The van der Waals surface area contributed by atoms with E-state index < -0.39 is 11.8 Å². The van der Waals surface area contributed by atoms with Gasteiger partial charge in [0, 0.05) is 45.1 Å². The van der Waals surface area contributed by atoms with Gasteiger partial charge in [0.1, 0.15) is 0 Å². The average Bonchev–Trinajstić information content (AvgIpc) is 2.54. The number of pyridine rings is 1. The van der Waals surface area contributed by atoms with Crippen molar-refractivity contribution in [3.8, 4) is 0 Å². The minimum absolute atomic E-state index is 0.318. The van der Waals surface area contributed by atoms with E-state index in [9.17, 15) is 9.59 Å². The van der Waals surface area contributed by atoms with Crippen LogP contribution in [0.15, 0.2) is 24.5 Å². The van der Waals surface area contributed by atoms with Crippen molar-refractivity contribution in [3.63, 3.8) is 0 Å². The minimum Gasteiger partial charge on any atom is -0.379 e. The van der Waals surface area contributed by atoms with Crippen molar-refractivity contribution in [1.29, 1.82) is 0 Å². The third-order valence-electron chi connectivity index (χ3n) is 3.23. The van der Waals surface area contributed by atoms with Crippen LogP contribution in [0, 0.1) is 0 Å². The predicted octanol–water partition coefficient (Wildman–Crippen LogP) is -0.854. The summed E-state index contributed by atoms with van der Waals surface area (Å²) in [6.07, 6.45) is 3.29. The molecule has 2 N–H and O–H groups in total. The molecule has 1 fully saturated rings. The molecule has 1 aliphatic rings. The highest BCUT2D eigenvalue weighted by molar-refractivity contribution is 6.35. The molecular formula is C14H20N4O3. The van der Waals surface area contributed by atoms with Crippen LogP contribution < -0.4 is 10.6 Å². The Balaban J connectivity index is 1.62. The van der Waals surface area contributed by atoms with Gasteiger partial charge in [0.15, 0.2) is 0 Å². The van der Waals surface area contributed by atoms with Gasteiger partial charge in [0.2, 0.25) is 0 Å². The maximum atomic E-state index is 11.6. The van der Waals surface area contributed by atoms with Gasteiger partial charge in [-0.1, -0.05) is 0 Å². The summed E-state index contributed by atoms with van der Waals surface area (Å²) >= 11 is 0. The van der Waals surface area contributed by atoms with Crippen LogP contribution in [0.2, 0.25) is 0 Å². The molecule has 0 unspecified atom stereocenters. The Kier molecular flexibility index (Phi) is 6.11. The lowest BCUT2D eigenvalue weighted by molar-refractivity contribution is -0.139. The lowest BCUT2D eigenvalue weighted by Crippen LogP contribution is -2.44. The highest BCUT2D eigenvalue weighted by atomic mass is 16.5. The first kappa shape index (κ1) is 15.4. The molecule has 0 saturated carbocycles. The molecule has 2 amide bonds. The van der Waals surface area contributed by atoms with Crippen molar-refractivity contribution in [3.05, 3.63) is 30.1 Å². The number of carbonyl (C=O) groups excluding carboxylic acids is 2. The molecule has 7 nitrogen and oxygen atoms in total. The lowest BCUT2D eigenvalue weighted by atomic mass is 10.3. The van der Waals surface area contributed by atoms with Gasteiger partial charge in [0.05, 0.1) is 13.2 Å². The Bertz CT molecular complexity index is 461. The summed E-state index contributed by atoms with van der Waals surface area (Å²) in [6.45, 7) is 4.68. The van der Waals surface area contributed by atoms with Crippen molar-refractivity contribution < 1.29 is 14.3 Å². The first-order valence-corrected chi connectivity index (χ1v) is 7.01. The van der Waals surface area contributed by atoms with Gasteiger partial charge in [-0.25, -0.2) is 0 Å². The van der Waals surface area contributed by atoms with Crippen molar-refractivity contribution in [2.75, 3.05) is 39.4 Å². The van der Waals surface area contributed by atoms with E-state index in [1.54, 1.807) is 24.5 Å². The fourth-order valence-corrected chi connectivity index (χ4v) is 2.00. The van der Waals surface area contributed by atoms with Gasteiger partial charge in [-0.2, -0.15) is 0 Å².